The average molecular weight is 311 g/mol. The van der Waals surface area contributed by atoms with Crippen LogP contribution in [-0.4, -0.2) is 19.4 Å². The zero-order chi connectivity index (χ0) is 16.7. The van der Waals surface area contributed by atoms with Gasteiger partial charge in [-0.25, -0.2) is 0 Å². The van der Waals surface area contributed by atoms with E-state index in [1.165, 1.54) is 11.1 Å². The summed E-state index contributed by atoms with van der Waals surface area (Å²) in [7, 11) is 0. The fourth-order valence-corrected chi connectivity index (χ4v) is 2.16. The van der Waals surface area contributed by atoms with Crippen molar-refractivity contribution < 1.29 is 9.47 Å². The van der Waals surface area contributed by atoms with Gasteiger partial charge in [0, 0.05) is 6.21 Å². The lowest BCUT2D eigenvalue weighted by Crippen LogP contribution is -2.00. The third-order valence-corrected chi connectivity index (χ3v) is 3.58. The van der Waals surface area contributed by atoms with E-state index in [0.717, 1.165) is 29.2 Å². The SMILES string of the molecule is CCCOc1ccc(C=Nc2ccc(C)c(C)c2)cc1OCC. The Bertz CT molecular complexity index is 677. The summed E-state index contributed by atoms with van der Waals surface area (Å²) in [6, 6.07) is 12.1. The van der Waals surface area contributed by atoms with Gasteiger partial charge in [0.2, 0.25) is 0 Å². The number of hydrogen-bond acceptors (Lipinski definition) is 3. The first-order chi connectivity index (χ1) is 11.1. The molecule has 0 amide bonds. The molecule has 0 N–H and O–H groups in total. The van der Waals surface area contributed by atoms with Crippen LogP contribution < -0.4 is 9.47 Å². The number of ether oxygens (including phenoxy) is 2. The monoisotopic (exact) mass is 311 g/mol. The lowest BCUT2D eigenvalue weighted by atomic mass is 10.1. The van der Waals surface area contributed by atoms with Crippen molar-refractivity contribution in [1.29, 1.82) is 0 Å². The van der Waals surface area contributed by atoms with Gasteiger partial charge in [0.1, 0.15) is 0 Å². The summed E-state index contributed by atoms with van der Waals surface area (Å²) >= 11 is 0. The quantitative estimate of drug-likeness (QED) is 0.655. The fourth-order valence-electron chi connectivity index (χ4n) is 2.16. The molecular weight excluding hydrogens is 286 g/mol. The topological polar surface area (TPSA) is 30.8 Å². The van der Waals surface area contributed by atoms with Crippen LogP contribution in [0.2, 0.25) is 0 Å². The molecule has 0 aliphatic heterocycles. The van der Waals surface area contributed by atoms with E-state index in [-0.39, 0.29) is 0 Å². The summed E-state index contributed by atoms with van der Waals surface area (Å²) in [5.41, 5.74) is 4.48. The zero-order valence-electron chi connectivity index (χ0n) is 14.4. The molecule has 0 aromatic heterocycles. The number of hydrogen-bond donors (Lipinski definition) is 0. The van der Waals surface area contributed by atoms with Gasteiger partial charge < -0.3 is 9.47 Å². The number of benzene rings is 2. The van der Waals surface area contributed by atoms with Gasteiger partial charge >= 0.3 is 0 Å². The van der Waals surface area contributed by atoms with E-state index in [1.54, 1.807) is 0 Å². The molecule has 0 bridgehead atoms. The summed E-state index contributed by atoms with van der Waals surface area (Å²) < 4.78 is 11.4. The molecule has 0 fully saturated rings. The molecule has 0 heterocycles. The molecule has 3 heteroatoms. The smallest absolute Gasteiger partial charge is 0.161 e. The van der Waals surface area contributed by atoms with Crippen LogP contribution in [0.3, 0.4) is 0 Å². The molecule has 23 heavy (non-hydrogen) atoms. The van der Waals surface area contributed by atoms with Crippen LogP contribution in [-0.2, 0) is 0 Å². The highest BCUT2D eigenvalue weighted by Crippen LogP contribution is 2.28. The molecule has 0 spiro atoms. The summed E-state index contributed by atoms with van der Waals surface area (Å²) in [4.78, 5) is 4.55. The summed E-state index contributed by atoms with van der Waals surface area (Å²) in [5, 5.41) is 0. The first-order valence-electron chi connectivity index (χ1n) is 8.15. The molecule has 0 aliphatic carbocycles. The third-order valence-electron chi connectivity index (χ3n) is 3.58. The molecule has 2 aromatic rings. The maximum absolute atomic E-state index is 5.72. The van der Waals surface area contributed by atoms with Crippen molar-refractivity contribution in [1.82, 2.24) is 0 Å². The third kappa shape index (κ3) is 4.85. The maximum Gasteiger partial charge on any atom is 0.161 e. The van der Waals surface area contributed by atoms with Gasteiger partial charge in [-0.15, -0.1) is 0 Å². The lowest BCUT2D eigenvalue weighted by Gasteiger charge is -2.11. The standard InChI is InChI=1S/C20H25NO2/c1-5-11-23-19-10-8-17(13-20(19)22-6-2)14-21-18-9-7-15(3)16(4)12-18/h7-10,12-14H,5-6,11H2,1-4H3. The van der Waals surface area contributed by atoms with Crippen molar-refractivity contribution in [2.24, 2.45) is 4.99 Å². The molecule has 0 unspecified atom stereocenters. The summed E-state index contributed by atoms with van der Waals surface area (Å²) in [6.07, 6.45) is 2.83. The number of aryl methyl sites for hydroxylation is 2. The Morgan fingerprint density at radius 2 is 1.74 bits per heavy atom. The molecule has 0 atom stereocenters. The van der Waals surface area contributed by atoms with Gasteiger partial charge in [0.25, 0.3) is 0 Å². The Hall–Kier alpha value is -2.29. The molecule has 0 radical (unpaired) electrons. The molecule has 0 saturated heterocycles. The summed E-state index contributed by atoms with van der Waals surface area (Å²) in [6.45, 7) is 9.56. The second-order valence-electron chi connectivity index (χ2n) is 5.51. The first kappa shape index (κ1) is 17.1. The highest BCUT2D eigenvalue weighted by atomic mass is 16.5. The van der Waals surface area contributed by atoms with Gasteiger partial charge in [0.05, 0.1) is 18.9 Å². The van der Waals surface area contributed by atoms with Gasteiger partial charge in [-0.2, -0.15) is 0 Å². The predicted molar refractivity (Wildman–Crippen MR) is 96.6 cm³/mol. The van der Waals surface area contributed by atoms with Crippen molar-refractivity contribution in [2.75, 3.05) is 13.2 Å². The second kappa shape index (κ2) is 8.37. The fraction of sp³-hybridized carbons (Fsp3) is 0.350. The zero-order valence-corrected chi connectivity index (χ0v) is 14.4. The van der Waals surface area contributed by atoms with Crippen LogP contribution in [0, 0.1) is 13.8 Å². The van der Waals surface area contributed by atoms with Crippen LogP contribution >= 0.6 is 0 Å². The van der Waals surface area contributed by atoms with Gasteiger partial charge in [-0.1, -0.05) is 13.0 Å². The summed E-state index contributed by atoms with van der Waals surface area (Å²) in [5.74, 6) is 1.56. The van der Waals surface area contributed by atoms with Crippen molar-refractivity contribution in [3.05, 3.63) is 53.1 Å². The van der Waals surface area contributed by atoms with Crippen LogP contribution in [0.4, 0.5) is 5.69 Å². The maximum atomic E-state index is 5.72. The number of nitrogens with zero attached hydrogens (tertiary/aromatic N) is 1. The Kier molecular flexibility index (Phi) is 6.21. The van der Waals surface area contributed by atoms with E-state index in [2.05, 4.69) is 37.9 Å². The Morgan fingerprint density at radius 1 is 0.913 bits per heavy atom. The normalized spacial score (nSPS) is 11.0. The van der Waals surface area contributed by atoms with Crippen molar-refractivity contribution in [3.63, 3.8) is 0 Å². The Labute approximate surface area is 139 Å². The van der Waals surface area contributed by atoms with E-state index >= 15 is 0 Å². The van der Waals surface area contributed by atoms with Gasteiger partial charge in [0.15, 0.2) is 11.5 Å². The van der Waals surface area contributed by atoms with Crippen LogP contribution in [0.15, 0.2) is 41.4 Å². The van der Waals surface area contributed by atoms with Crippen molar-refractivity contribution in [3.8, 4) is 11.5 Å². The van der Waals surface area contributed by atoms with Crippen LogP contribution in [0.25, 0.3) is 0 Å². The van der Waals surface area contributed by atoms with Crippen molar-refractivity contribution >= 4 is 11.9 Å². The Morgan fingerprint density at radius 3 is 2.43 bits per heavy atom. The Balaban J connectivity index is 2.20. The van der Waals surface area contributed by atoms with Gasteiger partial charge in [-0.05, 0) is 74.2 Å². The van der Waals surface area contributed by atoms with Crippen molar-refractivity contribution in [2.45, 2.75) is 34.1 Å². The molecule has 2 rings (SSSR count). The minimum atomic E-state index is 0.611. The highest BCUT2D eigenvalue weighted by Gasteiger charge is 2.05. The molecule has 122 valence electrons. The van der Waals surface area contributed by atoms with E-state index in [0.29, 0.717) is 13.2 Å². The molecule has 0 aliphatic rings. The molecule has 0 saturated carbocycles. The van der Waals surface area contributed by atoms with Gasteiger partial charge in [-0.3, -0.25) is 4.99 Å². The molecular formula is C20H25NO2. The number of aliphatic imine (C=N–C) groups is 1. The minimum absolute atomic E-state index is 0.611. The largest absolute Gasteiger partial charge is 0.490 e. The number of rotatable bonds is 7. The first-order valence-corrected chi connectivity index (χ1v) is 8.15. The second-order valence-corrected chi connectivity index (χ2v) is 5.51. The predicted octanol–water partition coefficient (Wildman–Crippen LogP) is 5.24. The van der Waals surface area contributed by atoms with Crippen LogP contribution in [0.1, 0.15) is 37.0 Å². The van der Waals surface area contributed by atoms with E-state index < -0.39 is 0 Å². The van der Waals surface area contributed by atoms with E-state index in [9.17, 15) is 0 Å². The molecule has 2 aromatic carbocycles. The van der Waals surface area contributed by atoms with E-state index in [4.69, 9.17) is 9.47 Å². The van der Waals surface area contributed by atoms with Crippen LogP contribution in [0.5, 0.6) is 11.5 Å². The minimum Gasteiger partial charge on any atom is -0.490 e. The highest BCUT2D eigenvalue weighted by molar-refractivity contribution is 5.83. The lowest BCUT2D eigenvalue weighted by molar-refractivity contribution is 0.277. The average Bonchev–Trinajstić information content (AvgIpc) is 2.55. The van der Waals surface area contributed by atoms with E-state index in [1.807, 2.05) is 37.4 Å². The molecule has 3 nitrogen and oxygen atoms in total.